The first-order valence-electron chi connectivity index (χ1n) is 5.72. The normalized spacial score (nSPS) is 22.4. The molecule has 0 aromatic carbocycles. The summed E-state index contributed by atoms with van der Waals surface area (Å²) in [7, 11) is 5.42. The molecule has 1 N–H and O–H groups in total. The first-order chi connectivity index (χ1) is 7.65. The SMILES string of the molecule is COC(=O)C(NCCN(C)C)C1CCCO1. The third kappa shape index (κ3) is 4.08. The molecule has 1 fully saturated rings. The minimum absolute atomic E-state index is 0.0328. The van der Waals surface area contributed by atoms with E-state index in [0.29, 0.717) is 0 Å². The summed E-state index contributed by atoms with van der Waals surface area (Å²) in [6.07, 6.45) is 1.91. The number of carbonyl (C=O) groups is 1. The van der Waals surface area contributed by atoms with Crippen LogP contribution >= 0.6 is 0 Å². The Bertz CT molecular complexity index is 215. The van der Waals surface area contributed by atoms with Gasteiger partial charge in [0, 0.05) is 19.7 Å². The highest BCUT2D eigenvalue weighted by Gasteiger charge is 2.31. The molecule has 2 unspecified atom stereocenters. The van der Waals surface area contributed by atoms with Crippen LogP contribution in [0.3, 0.4) is 0 Å². The zero-order valence-corrected chi connectivity index (χ0v) is 10.4. The van der Waals surface area contributed by atoms with E-state index < -0.39 is 0 Å². The maximum Gasteiger partial charge on any atom is 0.325 e. The van der Waals surface area contributed by atoms with Crippen molar-refractivity contribution in [2.45, 2.75) is 25.0 Å². The molecule has 0 amide bonds. The number of methoxy groups -OCH3 is 1. The number of hydrogen-bond donors (Lipinski definition) is 1. The fourth-order valence-electron chi connectivity index (χ4n) is 1.80. The Balaban J connectivity index is 2.40. The molecule has 0 bridgehead atoms. The van der Waals surface area contributed by atoms with Crippen molar-refractivity contribution in [3.63, 3.8) is 0 Å². The van der Waals surface area contributed by atoms with E-state index in [1.807, 2.05) is 14.1 Å². The van der Waals surface area contributed by atoms with Crippen LogP contribution in [0.2, 0.25) is 0 Å². The van der Waals surface area contributed by atoms with Gasteiger partial charge in [0.1, 0.15) is 6.04 Å². The summed E-state index contributed by atoms with van der Waals surface area (Å²) in [4.78, 5) is 13.7. The summed E-state index contributed by atoms with van der Waals surface area (Å²) in [6.45, 7) is 2.39. The molecule has 5 heteroatoms. The number of ether oxygens (including phenoxy) is 2. The van der Waals surface area contributed by atoms with Gasteiger partial charge in [-0.3, -0.25) is 4.79 Å². The lowest BCUT2D eigenvalue weighted by atomic mass is 10.1. The lowest BCUT2D eigenvalue weighted by Gasteiger charge is -2.22. The number of carbonyl (C=O) groups excluding carboxylic acids is 1. The van der Waals surface area contributed by atoms with Gasteiger partial charge < -0.3 is 19.7 Å². The summed E-state index contributed by atoms with van der Waals surface area (Å²) >= 11 is 0. The molecule has 1 saturated heterocycles. The van der Waals surface area contributed by atoms with E-state index in [0.717, 1.165) is 32.5 Å². The van der Waals surface area contributed by atoms with E-state index in [2.05, 4.69) is 10.2 Å². The van der Waals surface area contributed by atoms with Crippen LogP contribution in [0.25, 0.3) is 0 Å². The van der Waals surface area contributed by atoms with E-state index in [4.69, 9.17) is 9.47 Å². The second-order valence-electron chi connectivity index (χ2n) is 4.31. The Hall–Kier alpha value is -0.650. The molecular weight excluding hydrogens is 208 g/mol. The molecule has 1 heterocycles. The molecule has 0 aromatic rings. The van der Waals surface area contributed by atoms with Crippen molar-refractivity contribution < 1.29 is 14.3 Å². The van der Waals surface area contributed by atoms with Crippen molar-refractivity contribution in [1.29, 1.82) is 0 Å². The van der Waals surface area contributed by atoms with Crippen LogP contribution in [0, 0.1) is 0 Å². The van der Waals surface area contributed by atoms with Crippen molar-refractivity contribution in [3.05, 3.63) is 0 Å². The fraction of sp³-hybridized carbons (Fsp3) is 0.909. The standard InChI is InChI=1S/C11H22N2O3/c1-13(2)7-6-12-10(11(14)15-3)9-5-4-8-16-9/h9-10,12H,4-8H2,1-3H3. The van der Waals surface area contributed by atoms with E-state index >= 15 is 0 Å². The minimum Gasteiger partial charge on any atom is -0.468 e. The molecule has 0 radical (unpaired) electrons. The van der Waals surface area contributed by atoms with Gasteiger partial charge in [-0.1, -0.05) is 0 Å². The number of likely N-dealkylation sites (N-methyl/N-ethyl adjacent to an activating group) is 1. The molecule has 0 spiro atoms. The summed E-state index contributed by atoms with van der Waals surface area (Å²) in [6, 6.07) is -0.326. The molecule has 0 aromatic heterocycles. The van der Waals surface area contributed by atoms with E-state index in [1.54, 1.807) is 0 Å². The van der Waals surface area contributed by atoms with Crippen LogP contribution in [0.1, 0.15) is 12.8 Å². The van der Waals surface area contributed by atoms with Crippen LogP contribution in [0.4, 0.5) is 0 Å². The minimum atomic E-state index is -0.326. The molecule has 1 aliphatic heterocycles. The smallest absolute Gasteiger partial charge is 0.325 e. The molecule has 1 rings (SSSR count). The highest BCUT2D eigenvalue weighted by Crippen LogP contribution is 2.16. The highest BCUT2D eigenvalue weighted by molar-refractivity contribution is 5.76. The van der Waals surface area contributed by atoms with E-state index in [-0.39, 0.29) is 18.1 Å². The number of hydrogen-bond acceptors (Lipinski definition) is 5. The van der Waals surface area contributed by atoms with Crippen molar-refractivity contribution in [2.24, 2.45) is 0 Å². The quantitative estimate of drug-likeness (QED) is 0.644. The van der Waals surface area contributed by atoms with Gasteiger partial charge in [-0.05, 0) is 26.9 Å². The predicted molar refractivity (Wildman–Crippen MR) is 61.3 cm³/mol. The Labute approximate surface area is 97.1 Å². The summed E-state index contributed by atoms with van der Waals surface area (Å²) in [5.74, 6) is -0.231. The number of nitrogens with one attached hydrogen (secondary N) is 1. The van der Waals surface area contributed by atoms with E-state index in [1.165, 1.54) is 7.11 Å². The molecule has 5 nitrogen and oxygen atoms in total. The zero-order valence-electron chi connectivity index (χ0n) is 10.4. The summed E-state index contributed by atoms with van der Waals surface area (Å²) in [5.41, 5.74) is 0. The van der Waals surface area contributed by atoms with Crippen LogP contribution in [-0.4, -0.2) is 63.9 Å². The molecule has 94 valence electrons. The second-order valence-corrected chi connectivity index (χ2v) is 4.31. The lowest BCUT2D eigenvalue weighted by Crippen LogP contribution is -2.48. The van der Waals surface area contributed by atoms with Crippen molar-refractivity contribution in [2.75, 3.05) is 40.9 Å². The van der Waals surface area contributed by atoms with Crippen LogP contribution in [0.15, 0.2) is 0 Å². The second kappa shape index (κ2) is 6.83. The largest absolute Gasteiger partial charge is 0.468 e. The number of rotatable bonds is 6. The first kappa shape index (κ1) is 13.4. The maximum absolute atomic E-state index is 11.6. The van der Waals surface area contributed by atoms with Gasteiger partial charge in [0.15, 0.2) is 0 Å². The van der Waals surface area contributed by atoms with Gasteiger partial charge in [0.2, 0.25) is 0 Å². The van der Waals surface area contributed by atoms with Gasteiger partial charge in [-0.25, -0.2) is 0 Å². The van der Waals surface area contributed by atoms with Crippen LogP contribution in [0.5, 0.6) is 0 Å². The molecule has 0 saturated carbocycles. The van der Waals surface area contributed by atoms with Crippen molar-refractivity contribution in [3.8, 4) is 0 Å². The van der Waals surface area contributed by atoms with E-state index in [9.17, 15) is 4.79 Å². The van der Waals surface area contributed by atoms with Crippen molar-refractivity contribution >= 4 is 5.97 Å². The average Bonchev–Trinajstić information content (AvgIpc) is 2.76. The van der Waals surface area contributed by atoms with Gasteiger partial charge >= 0.3 is 5.97 Å². The third-order valence-corrected chi connectivity index (χ3v) is 2.72. The molecule has 2 atom stereocenters. The average molecular weight is 230 g/mol. The summed E-state index contributed by atoms with van der Waals surface area (Å²) in [5, 5.41) is 3.20. The van der Waals surface area contributed by atoms with Crippen molar-refractivity contribution in [1.82, 2.24) is 10.2 Å². The monoisotopic (exact) mass is 230 g/mol. The Morgan fingerprint density at radius 3 is 2.88 bits per heavy atom. The van der Waals surface area contributed by atoms with Crippen LogP contribution in [-0.2, 0) is 14.3 Å². The zero-order chi connectivity index (χ0) is 12.0. The highest BCUT2D eigenvalue weighted by atomic mass is 16.5. The Kier molecular flexibility index (Phi) is 5.73. The Morgan fingerprint density at radius 2 is 2.38 bits per heavy atom. The molecular formula is C11H22N2O3. The molecule has 0 aliphatic carbocycles. The predicted octanol–water partition coefficient (Wildman–Crippen LogP) is -0.142. The molecule has 16 heavy (non-hydrogen) atoms. The fourth-order valence-corrected chi connectivity index (χ4v) is 1.80. The maximum atomic E-state index is 11.6. The lowest BCUT2D eigenvalue weighted by molar-refractivity contribution is -0.146. The number of esters is 1. The number of nitrogens with zero attached hydrogens (tertiary/aromatic N) is 1. The first-order valence-corrected chi connectivity index (χ1v) is 5.72. The van der Waals surface area contributed by atoms with Gasteiger partial charge in [-0.15, -0.1) is 0 Å². The topological polar surface area (TPSA) is 50.8 Å². The van der Waals surface area contributed by atoms with Gasteiger partial charge in [0.25, 0.3) is 0 Å². The van der Waals surface area contributed by atoms with Gasteiger partial charge in [0.05, 0.1) is 13.2 Å². The van der Waals surface area contributed by atoms with Gasteiger partial charge in [-0.2, -0.15) is 0 Å². The molecule has 1 aliphatic rings. The summed E-state index contributed by atoms with van der Waals surface area (Å²) < 4.78 is 10.3. The van der Waals surface area contributed by atoms with Crippen LogP contribution < -0.4 is 5.32 Å². The third-order valence-electron chi connectivity index (χ3n) is 2.72. The Morgan fingerprint density at radius 1 is 1.62 bits per heavy atom.